The van der Waals surface area contributed by atoms with Crippen molar-refractivity contribution in [3.05, 3.63) is 29.2 Å². The largest absolute Gasteiger partial charge is 0.355 e. The van der Waals surface area contributed by atoms with Gasteiger partial charge in [0, 0.05) is 38.5 Å². The second kappa shape index (κ2) is 5.58. The standard InChI is InChI=1S/C11H14ClN5S/c1-16(6-8-5-13-17(2)7-8)10-4-9(12)14-11(15-10)18-3/h4-5,7H,6H2,1-3H3. The molecule has 0 saturated heterocycles. The molecular formula is C11H14ClN5S. The molecule has 2 heterocycles. The van der Waals surface area contributed by atoms with Gasteiger partial charge in [-0.3, -0.25) is 4.68 Å². The van der Waals surface area contributed by atoms with Crippen LogP contribution in [0.4, 0.5) is 5.82 Å². The summed E-state index contributed by atoms with van der Waals surface area (Å²) in [6, 6.07) is 1.76. The van der Waals surface area contributed by atoms with Gasteiger partial charge in [-0.05, 0) is 6.26 Å². The van der Waals surface area contributed by atoms with Crippen molar-refractivity contribution >= 4 is 29.2 Å². The Morgan fingerprint density at radius 3 is 2.83 bits per heavy atom. The predicted octanol–water partition coefficient (Wildman–Crippen LogP) is 2.22. The number of thioether (sulfide) groups is 1. The minimum absolute atomic E-state index is 0.461. The van der Waals surface area contributed by atoms with Gasteiger partial charge in [0.25, 0.3) is 0 Å². The molecule has 18 heavy (non-hydrogen) atoms. The van der Waals surface area contributed by atoms with Gasteiger partial charge in [-0.15, -0.1) is 0 Å². The average molecular weight is 284 g/mol. The third kappa shape index (κ3) is 3.14. The SMILES string of the molecule is CSc1nc(Cl)cc(N(C)Cc2cnn(C)c2)n1. The van der Waals surface area contributed by atoms with Gasteiger partial charge in [-0.25, -0.2) is 9.97 Å². The molecule has 0 amide bonds. The van der Waals surface area contributed by atoms with Crippen molar-refractivity contribution in [3.8, 4) is 0 Å². The fourth-order valence-electron chi connectivity index (χ4n) is 1.58. The second-order valence-corrected chi connectivity index (χ2v) is 5.07. The molecular weight excluding hydrogens is 270 g/mol. The van der Waals surface area contributed by atoms with Gasteiger partial charge in [0.15, 0.2) is 5.16 Å². The number of aromatic nitrogens is 4. The van der Waals surface area contributed by atoms with Crippen molar-refractivity contribution in [1.82, 2.24) is 19.7 Å². The quantitative estimate of drug-likeness (QED) is 0.489. The number of halogens is 1. The Balaban J connectivity index is 2.17. The Morgan fingerprint density at radius 1 is 1.44 bits per heavy atom. The minimum atomic E-state index is 0.461. The Morgan fingerprint density at radius 2 is 2.22 bits per heavy atom. The summed E-state index contributed by atoms with van der Waals surface area (Å²) in [5, 5.41) is 5.28. The smallest absolute Gasteiger partial charge is 0.190 e. The molecule has 96 valence electrons. The lowest BCUT2D eigenvalue weighted by atomic mass is 10.3. The molecule has 7 heteroatoms. The first-order valence-corrected chi connectivity index (χ1v) is 6.96. The zero-order valence-corrected chi connectivity index (χ0v) is 12.0. The molecule has 0 atom stereocenters. The lowest BCUT2D eigenvalue weighted by Gasteiger charge is -2.17. The number of rotatable bonds is 4. The topological polar surface area (TPSA) is 46.8 Å². The van der Waals surface area contributed by atoms with Crippen LogP contribution < -0.4 is 4.90 Å². The van der Waals surface area contributed by atoms with Crippen LogP contribution in [-0.2, 0) is 13.6 Å². The van der Waals surface area contributed by atoms with Gasteiger partial charge >= 0.3 is 0 Å². The molecule has 2 aromatic heterocycles. The molecule has 2 aromatic rings. The molecule has 0 aliphatic carbocycles. The Labute approximate surface area is 115 Å². The summed E-state index contributed by atoms with van der Waals surface area (Å²) in [4.78, 5) is 10.6. The van der Waals surface area contributed by atoms with Gasteiger partial charge < -0.3 is 4.90 Å². The maximum absolute atomic E-state index is 5.97. The highest BCUT2D eigenvalue weighted by Gasteiger charge is 2.08. The second-order valence-electron chi connectivity index (χ2n) is 3.91. The first kappa shape index (κ1) is 13.2. The van der Waals surface area contributed by atoms with Crippen LogP contribution in [0, 0.1) is 0 Å². The zero-order chi connectivity index (χ0) is 13.1. The van der Waals surface area contributed by atoms with Crippen molar-refractivity contribution < 1.29 is 0 Å². The van der Waals surface area contributed by atoms with Crippen molar-refractivity contribution in [2.24, 2.45) is 7.05 Å². The zero-order valence-electron chi connectivity index (χ0n) is 10.5. The van der Waals surface area contributed by atoms with E-state index in [1.807, 2.05) is 37.6 Å². The molecule has 0 bridgehead atoms. The van der Waals surface area contributed by atoms with E-state index in [1.165, 1.54) is 11.8 Å². The highest BCUT2D eigenvalue weighted by Crippen LogP contribution is 2.20. The van der Waals surface area contributed by atoms with Crippen LogP contribution in [0.2, 0.25) is 5.15 Å². The van der Waals surface area contributed by atoms with Crippen molar-refractivity contribution in [2.75, 3.05) is 18.2 Å². The molecule has 0 aromatic carbocycles. The summed E-state index contributed by atoms with van der Waals surface area (Å²) in [5.74, 6) is 0.809. The van der Waals surface area contributed by atoms with E-state index in [4.69, 9.17) is 11.6 Å². The minimum Gasteiger partial charge on any atom is -0.355 e. The maximum atomic E-state index is 5.97. The van der Waals surface area contributed by atoms with Crippen LogP contribution in [0.15, 0.2) is 23.6 Å². The number of aryl methyl sites for hydroxylation is 1. The van der Waals surface area contributed by atoms with E-state index in [2.05, 4.69) is 15.1 Å². The lowest BCUT2D eigenvalue weighted by Crippen LogP contribution is -2.17. The van der Waals surface area contributed by atoms with Crippen LogP contribution in [0.3, 0.4) is 0 Å². The van der Waals surface area contributed by atoms with E-state index >= 15 is 0 Å². The highest BCUT2D eigenvalue weighted by atomic mass is 35.5. The molecule has 0 aliphatic rings. The first-order valence-electron chi connectivity index (χ1n) is 5.35. The monoisotopic (exact) mass is 283 g/mol. The number of hydrogen-bond donors (Lipinski definition) is 0. The molecule has 0 saturated carbocycles. The van der Waals surface area contributed by atoms with Gasteiger partial charge in [0.1, 0.15) is 11.0 Å². The predicted molar refractivity (Wildman–Crippen MR) is 74.1 cm³/mol. The third-order valence-corrected chi connectivity index (χ3v) is 3.15. The van der Waals surface area contributed by atoms with Crippen molar-refractivity contribution in [1.29, 1.82) is 0 Å². The van der Waals surface area contributed by atoms with Crippen LogP contribution in [0.5, 0.6) is 0 Å². The number of hydrogen-bond acceptors (Lipinski definition) is 5. The number of anilines is 1. The molecule has 2 rings (SSSR count). The van der Waals surface area contributed by atoms with Crippen LogP contribution in [-0.4, -0.2) is 33.1 Å². The lowest BCUT2D eigenvalue weighted by molar-refractivity contribution is 0.766. The summed E-state index contributed by atoms with van der Waals surface area (Å²) >= 11 is 7.45. The molecule has 0 spiro atoms. The first-order chi connectivity index (χ1) is 8.58. The van der Waals surface area contributed by atoms with Gasteiger partial charge in [0.2, 0.25) is 0 Å². The summed E-state index contributed by atoms with van der Waals surface area (Å²) in [6.07, 6.45) is 5.75. The summed E-state index contributed by atoms with van der Waals surface area (Å²) in [5.41, 5.74) is 1.13. The summed E-state index contributed by atoms with van der Waals surface area (Å²) in [7, 11) is 3.87. The van der Waals surface area contributed by atoms with E-state index in [1.54, 1.807) is 10.7 Å². The molecule has 5 nitrogen and oxygen atoms in total. The Hall–Kier alpha value is -1.27. The molecule has 0 N–H and O–H groups in total. The highest BCUT2D eigenvalue weighted by molar-refractivity contribution is 7.98. The molecule has 0 fully saturated rings. The van der Waals surface area contributed by atoms with E-state index in [0.29, 0.717) is 10.3 Å². The van der Waals surface area contributed by atoms with E-state index in [0.717, 1.165) is 17.9 Å². The van der Waals surface area contributed by atoms with Gasteiger partial charge in [-0.2, -0.15) is 5.10 Å². The third-order valence-electron chi connectivity index (χ3n) is 2.41. The van der Waals surface area contributed by atoms with Crippen molar-refractivity contribution in [3.63, 3.8) is 0 Å². The summed E-state index contributed by atoms with van der Waals surface area (Å²) in [6.45, 7) is 0.731. The van der Waals surface area contributed by atoms with E-state index in [9.17, 15) is 0 Å². The summed E-state index contributed by atoms with van der Waals surface area (Å²) < 4.78 is 1.78. The molecule has 0 aliphatic heterocycles. The Bertz CT molecular complexity index is 542. The van der Waals surface area contributed by atoms with Crippen molar-refractivity contribution in [2.45, 2.75) is 11.7 Å². The number of nitrogens with zero attached hydrogens (tertiary/aromatic N) is 5. The van der Waals surface area contributed by atoms with E-state index in [-0.39, 0.29) is 0 Å². The fraction of sp³-hybridized carbons (Fsp3) is 0.364. The van der Waals surface area contributed by atoms with Crippen LogP contribution in [0.1, 0.15) is 5.56 Å². The van der Waals surface area contributed by atoms with Gasteiger partial charge in [0.05, 0.1) is 6.20 Å². The van der Waals surface area contributed by atoms with Gasteiger partial charge in [-0.1, -0.05) is 23.4 Å². The molecule has 0 radical (unpaired) electrons. The fourth-order valence-corrected chi connectivity index (χ4v) is 2.18. The average Bonchev–Trinajstić information content (AvgIpc) is 2.73. The van der Waals surface area contributed by atoms with Crippen LogP contribution in [0.25, 0.3) is 0 Å². The maximum Gasteiger partial charge on any atom is 0.190 e. The molecule has 0 unspecified atom stereocenters. The van der Waals surface area contributed by atoms with E-state index < -0.39 is 0 Å². The normalized spacial score (nSPS) is 10.7. The van der Waals surface area contributed by atoms with Crippen LogP contribution >= 0.6 is 23.4 Å². The Kier molecular flexibility index (Phi) is 4.08.